The summed E-state index contributed by atoms with van der Waals surface area (Å²) in [5.41, 5.74) is 6.71. The van der Waals surface area contributed by atoms with Crippen molar-refractivity contribution in [3.63, 3.8) is 0 Å². The van der Waals surface area contributed by atoms with E-state index in [-0.39, 0.29) is 0 Å². The number of nitrogens with zero attached hydrogens (tertiary/aromatic N) is 2. The lowest BCUT2D eigenvalue weighted by molar-refractivity contribution is 1.12. The molecule has 0 atom stereocenters. The van der Waals surface area contributed by atoms with Gasteiger partial charge >= 0.3 is 0 Å². The van der Waals surface area contributed by atoms with Crippen molar-refractivity contribution >= 4 is 0 Å². The Balaban J connectivity index is 2.15. The summed E-state index contributed by atoms with van der Waals surface area (Å²) in [6, 6.07) is 16.9. The molecule has 0 fully saturated rings. The predicted octanol–water partition coefficient (Wildman–Crippen LogP) is 4.43. The average molecular weight is 260 g/mol. The lowest BCUT2D eigenvalue weighted by Gasteiger charge is -2.10. The highest BCUT2D eigenvalue weighted by molar-refractivity contribution is 5.74. The zero-order valence-electron chi connectivity index (χ0n) is 11.7. The third-order valence-electron chi connectivity index (χ3n) is 3.48. The molecule has 0 unspecified atom stereocenters. The van der Waals surface area contributed by atoms with Crippen molar-refractivity contribution in [2.45, 2.75) is 13.8 Å². The first-order valence-corrected chi connectivity index (χ1v) is 6.70. The molecule has 3 aromatic rings. The van der Waals surface area contributed by atoms with Gasteiger partial charge in [0.2, 0.25) is 0 Å². The smallest absolute Gasteiger partial charge is 0.0917 e. The van der Waals surface area contributed by atoms with Gasteiger partial charge in [-0.05, 0) is 36.6 Å². The molecule has 20 heavy (non-hydrogen) atoms. The summed E-state index contributed by atoms with van der Waals surface area (Å²) in [6.07, 6.45) is 3.48. The number of aromatic nitrogens is 2. The Morgan fingerprint density at radius 2 is 1.50 bits per heavy atom. The summed E-state index contributed by atoms with van der Waals surface area (Å²) < 4.78 is 0. The van der Waals surface area contributed by atoms with Crippen LogP contribution in [0.15, 0.2) is 60.9 Å². The second-order valence-electron chi connectivity index (χ2n) is 4.89. The molecule has 0 aliphatic heterocycles. The fourth-order valence-electron chi connectivity index (χ4n) is 2.36. The minimum absolute atomic E-state index is 0.959. The second-order valence-corrected chi connectivity index (χ2v) is 4.89. The Morgan fingerprint density at radius 3 is 2.25 bits per heavy atom. The van der Waals surface area contributed by atoms with Crippen molar-refractivity contribution < 1.29 is 0 Å². The standard InChI is InChI=1S/C18H16N2/c1-13-8-9-16(15-6-4-3-5-7-15)12-17(13)18-14(2)19-10-11-20-18/h3-12H,1-2H3. The van der Waals surface area contributed by atoms with E-state index in [1.54, 1.807) is 12.4 Å². The highest BCUT2D eigenvalue weighted by Crippen LogP contribution is 2.29. The zero-order valence-corrected chi connectivity index (χ0v) is 11.7. The summed E-state index contributed by atoms with van der Waals surface area (Å²) in [7, 11) is 0. The van der Waals surface area contributed by atoms with Crippen LogP contribution in [0, 0.1) is 13.8 Å². The van der Waals surface area contributed by atoms with Gasteiger partial charge in [-0.2, -0.15) is 0 Å². The van der Waals surface area contributed by atoms with Crippen molar-refractivity contribution in [1.82, 2.24) is 9.97 Å². The van der Waals surface area contributed by atoms with Crippen molar-refractivity contribution in [1.29, 1.82) is 0 Å². The number of hydrogen-bond donors (Lipinski definition) is 0. The largest absolute Gasteiger partial charge is 0.258 e. The SMILES string of the molecule is Cc1ccc(-c2ccccc2)cc1-c1nccnc1C. The van der Waals surface area contributed by atoms with Gasteiger partial charge in [0.25, 0.3) is 0 Å². The van der Waals surface area contributed by atoms with Crippen molar-refractivity contribution in [3.8, 4) is 22.4 Å². The molecular weight excluding hydrogens is 244 g/mol. The molecule has 0 spiro atoms. The number of benzene rings is 2. The molecule has 2 nitrogen and oxygen atoms in total. The maximum absolute atomic E-state index is 4.48. The Hall–Kier alpha value is -2.48. The van der Waals surface area contributed by atoms with Crippen LogP contribution in [-0.2, 0) is 0 Å². The molecule has 0 aliphatic rings. The first kappa shape index (κ1) is 12.5. The van der Waals surface area contributed by atoms with E-state index in [4.69, 9.17) is 0 Å². The minimum atomic E-state index is 0.959. The molecule has 1 aromatic heterocycles. The Labute approximate surface area is 119 Å². The zero-order chi connectivity index (χ0) is 13.9. The molecule has 0 bridgehead atoms. The van der Waals surface area contributed by atoms with E-state index >= 15 is 0 Å². The monoisotopic (exact) mass is 260 g/mol. The molecule has 2 heteroatoms. The number of rotatable bonds is 2. The van der Waals surface area contributed by atoms with E-state index in [2.05, 4.69) is 59.4 Å². The van der Waals surface area contributed by atoms with Gasteiger partial charge in [0, 0.05) is 18.0 Å². The average Bonchev–Trinajstić information content (AvgIpc) is 2.49. The molecule has 98 valence electrons. The topological polar surface area (TPSA) is 25.8 Å². The van der Waals surface area contributed by atoms with Crippen LogP contribution in [0.4, 0.5) is 0 Å². The summed E-state index contributed by atoms with van der Waals surface area (Å²) in [5, 5.41) is 0. The van der Waals surface area contributed by atoms with E-state index in [0.717, 1.165) is 17.0 Å². The molecule has 0 saturated heterocycles. The first-order chi connectivity index (χ1) is 9.75. The van der Waals surface area contributed by atoms with Gasteiger partial charge in [-0.3, -0.25) is 9.97 Å². The maximum atomic E-state index is 4.48. The van der Waals surface area contributed by atoms with Crippen molar-refractivity contribution in [3.05, 3.63) is 72.2 Å². The molecule has 0 N–H and O–H groups in total. The van der Waals surface area contributed by atoms with Gasteiger partial charge < -0.3 is 0 Å². The van der Waals surface area contributed by atoms with Crippen LogP contribution in [0.2, 0.25) is 0 Å². The molecule has 0 aliphatic carbocycles. The first-order valence-electron chi connectivity index (χ1n) is 6.70. The van der Waals surface area contributed by atoms with Crippen LogP contribution in [-0.4, -0.2) is 9.97 Å². The van der Waals surface area contributed by atoms with Crippen molar-refractivity contribution in [2.75, 3.05) is 0 Å². The molecule has 1 heterocycles. The summed E-state index contributed by atoms with van der Waals surface area (Å²) >= 11 is 0. The quantitative estimate of drug-likeness (QED) is 0.681. The Morgan fingerprint density at radius 1 is 0.750 bits per heavy atom. The Kier molecular flexibility index (Phi) is 3.30. The van der Waals surface area contributed by atoms with E-state index in [1.807, 2.05) is 13.0 Å². The molecular formula is C18H16N2. The van der Waals surface area contributed by atoms with Crippen LogP contribution < -0.4 is 0 Å². The molecule has 2 aromatic carbocycles. The number of hydrogen-bond acceptors (Lipinski definition) is 2. The van der Waals surface area contributed by atoms with Gasteiger partial charge in [-0.25, -0.2) is 0 Å². The predicted molar refractivity (Wildman–Crippen MR) is 82.4 cm³/mol. The molecule has 0 amide bonds. The Bertz CT molecular complexity index is 733. The minimum Gasteiger partial charge on any atom is -0.258 e. The summed E-state index contributed by atoms with van der Waals surface area (Å²) in [5.74, 6) is 0. The van der Waals surface area contributed by atoms with Gasteiger partial charge in [-0.15, -0.1) is 0 Å². The summed E-state index contributed by atoms with van der Waals surface area (Å²) in [6.45, 7) is 4.11. The van der Waals surface area contributed by atoms with E-state index in [0.29, 0.717) is 0 Å². The highest BCUT2D eigenvalue weighted by atomic mass is 14.8. The fourth-order valence-corrected chi connectivity index (χ4v) is 2.36. The lowest BCUT2D eigenvalue weighted by atomic mass is 9.97. The van der Waals surface area contributed by atoms with Gasteiger partial charge in [0.1, 0.15) is 0 Å². The van der Waals surface area contributed by atoms with E-state index < -0.39 is 0 Å². The van der Waals surface area contributed by atoms with Crippen LogP contribution >= 0.6 is 0 Å². The lowest BCUT2D eigenvalue weighted by Crippen LogP contribution is -1.93. The maximum Gasteiger partial charge on any atom is 0.0917 e. The molecule has 3 rings (SSSR count). The normalized spacial score (nSPS) is 10.5. The van der Waals surface area contributed by atoms with E-state index in [9.17, 15) is 0 Å². The second kappa shape index (κ2) is 5.25. The molecule has 0 radical (unpaired) electrons. The highest BCUT2D eigenvalue weighted by Gasteiger charge is 2.09. The fraction of sp³-hybridized carbons (Fsp3) is 0.111. The van der Waals surface area contributed by atoms with Gasteiger partial charge in [-0.1, -0.05) is 42.5 Å². The van der Waals surface area contributed by atoms with Crippen LogP contribution in [0.3, 0.4) is 0 Å². The van der Waals surface area contributed by atoms with Crippen LogP contribution in [0.25, 0.3) is 22.4 Å². The van der Waals surface area contributed by atoms with Gasteiger partial charge in [0.05, 0.1) is 11.4 Å². The van der Waals surface area contributed by atoms with Crippen molar-refractivity contribution in [2.24, 2.45) is 0 Å². The van der Waals surface area contributed by atoms with Crippen LogP contribution in [0.5, 0.6) is 0 Å². The van der Waals surface area contributed by atoms with Gasteiger partial charge in [0.15, 0.2) is 0 Å². The number of aryl methyl sites for hydroxylation is 2. The molecule has 0 saturated carbocycles. The third-order valence-corrected chi connectivity index (χ3v) is 3.48. The van der Waals surface area contributed by atoms with E-state index in [1.165, 1.54) is 16.7 Å². The third kappa shape index (κ3) is 2.32. The van der Waals surface area contributed by atoms with Crippen LogP contribution in [0.1, 0.15) is 11.3 Å². The summed E-state index contributed by atoms with van der Waals surface area (Å²) in [4.78, 5) is 8.82.